The van der Waals surface area contributed by atoms with Gasteiger partial charge in [0.2, 0.25) is 10.0 Å². The smallest absolute Gasteiger partial charge is 0.240 e. The van der Waals surface area contributed by atoms with Gasteiger partial charge >= 0.3 is 0 Å². The Balaban J connectivity index is 1.92. The molecular weight excluding hydrogens is 360 g/mol. The highest BCUT2D eigenvalue weighted by Gasteiger charge is 2.14. The van der Waals surface area contributed by atoms with Gasteiger partial charge in [0.25, 0.3) is 0 Å². The van der Waals surface area contributed by atoms with Crippen LogP contribution in [-0.2, 0) is 16.6 Å². The summed E-state index contributed by atoms with van der Waals surface area (Å²) in [5.41, 5.74) is 1.91. The van der Waals surface area contributed by atoms with Crippen LogP contribution in [0.4, 0.5) is 0 Å². The molecule has 5 nitrogen and oxygen atoms in total. The van der Waals surface area contributed by atoms with Crippen molar-refractivity contribution >= 4 is 21.6 Å². The fourth-order valence-electron chi connectivity index (χ4n) is 2.40. The molecule has 0 fully saturated rings. The molecule has 0 atom stereocenters. The summed E-state index contributed by atoms with van der Waals surface area (Å²) in [6, 6.07) is 12.3. The third-order valence-corrected chi connectivity index (χ3v) is 5.67. The summed E-state index contributed by atoms with van der Waals surface area (Å²) in [6.45, 7) is 3.33. The topological polar surface area (TPSA) is 58.6 Å². The highest BCUT2D eigenvalue weighted by molar-refractivity contribution is 7.89. The molecular formula is C18H23ClN2O3S. The van der Waals surface area contributed by atoms with Crippen molar-refractivity contribution in [1.82, 2.24) is 9.62 Å². The molecule has 0 bridgehead atoms. The average molecular weight is 383 g/mol. The normalized spacial score (nSPS) is 11.7. The van der Waals surface area contributed by atoms with Gasteiger partial charge in [0.05, 0.1) is 12.0 Å². The van der Waals surface area contributed by atoms with E-state index < -0.39 is 10.0 Å². The van der Waals surface area contributed by atoms with E-state index in [1.54, 1.807) is 31.4 Å². The molecule has 2 rings (SSSR count). The number of hydrogen-bond acceptors (Lipinski definition) is 4. The number of likely N-dealkylation sites (N-methyl/N-ethyl adjacent to an activating group) is 1. The number of hydrogen-bond donors (Lipinski definition) is 1. The van der Waals surface area contributed by atoms with Gasteiger partial charge in [-0.3, -0.25) is 0 Å². The second-order valence-corrected chi connectivity index (χ2v) is 8.04. The lowest BCUT2D eigenvalue weighted by Gasteiger charge is -2.19. The van der Waals surface area contributed by atoms with Crippen molar-refractivity contribution in [3.8, 4) is 5.75 Å². The maximum atomic E-state index is 12.3. The summed E-state index contributed by atoms with van der Waals surface area (Å²) in [7, 11) is 0.0138. The van der Waals surface area contributed by atoms with Gasteiger partial charge in [-0.05, 0) is 38.2 Å². The van der Waals surface area contributed by atoms with Crippen LogP contribution in [0.25, 0.3) is 0 Å². The van der Waals surface area contributed by atoms with Crippen LogP contribution in [0.15, 0.2) is 47.4 Å². The largest absolute Gasteiger partial charge is 0.496 e. The molecule has 0 heterocycles. The Kier molecular flexibility index (Phi) is 6.84. The minimum Gasteiger partial charge on any atom is -0.496 e. The molecule has 7 heteroatoms. The Hall–Kier alpha value is -1.60. The minimum absolute atomic E-state index is 0.272. The number of rotatable bonds is 8. The Bertz CT molecular complexity index is 808. The first-order valence-corrected chi connectivity index (χ1v) is 9.76. The summed E-state index contributed by atoms with van der Waals surface area (Å²) >= 11 is 6.23. The Morgan fingerprint density at radius 3 is 2.48 bits per heavy atom. The molecule has 2 aromatic carbocycles. The molecule has 0 saturated heterocycles. The van der Waals surface area contributed by atoms with Crippen molar-refractivity contribution in [3.63, 3.8) is 0 Å². The molecule has 2 aromatic rings. The summed E-state index contributed by atoms with van der Waals surface area (Å²) in [6.07, 6.45) is 0. The molecule has 0 saturated carbocycles. The molecule has 25 heavy (non-hydrogen) atoms. The molecule has 0 aliphatic carbocycles. The monoisotopic (exact) mass is 382 g/mol. The van der Waals surface area contributed by atoms with Crippen LogP contribution in [0.5, 0.6) is 5.75 Å². The molecule has 136 valence electrons. The van der Waals surface area contributed by atoms with E-state index >= 15 is 0 Å². The number of nitrogens with zero attached hydrogens (tertiary/aromatic N) is 1. The van der Waals surface area contributed by atoms with Crippen LogP contribution >= 0.6 is 11.6 Å². The first-order chi connectivity index (χ1) is 11.8. The van der Waals surface area contributed by atoms with E-state index in [1.807, 2.05) is 37.1 Å². The number of benzene rings is 2. The molecule has 0 aliphatic heterocycles. The van der Waals surface area contributed by atoms with Gasteiger partial charge in [-0.1, -0.05) is 35.4 Å². The van der Waals surface area contributed by atoms with E-state index in [-0.39, 0.29) is 4.90 Å². The second kappa shape index (κ2) is 8.67. The molecule has 0 spiro atoms. The highest BCUT2D eigenvalue weighted by Crippen LogP contribution is 2.27. The van der Waals surface area contributed by atoms with Gasteiger partial charge in [0, 0.05) is 30.2 Å². The summed E-state index contributed by atoms with van der Waals surface area (Å²) < 4.78 is 32.5. The van der Waals surface area contributed by atoms with Gasteiger partial charge < -0.3 is 9.64 Å². The number of nitrogens with one attached hydrogen (secondary N) is 1. The predicted molar refractivity (Wildman–Crippen MR) is 101 cm³/mol. The van der Waals surface area contributed by atoms with Gasteiger partial charge in [-0.15, -0.1) is 0 Å². The van der Waals surface area contributed by atoms with Crippen molar-refractivity contribution in [3.05, 3.63) is 58.6 Å². The molecule has 0 aliphatic rings. The van der Waals surface area contributed by atoms with E-state index in [1.165, 1.54) is 0 Å². The standard InChI is InChI=1S/C18H23ClN2O3S/c1-14-7-9-15(10-8-14)25(22,23)20-11-12-21(2)13-16-17(19)5-4-6-18(16)24-3/h4-10,20H,11-13H2,1-3H3. The van der Waals surface area contributed by atoms with Crippen molar-refractivity contribution in [2.24, 2.45) is 0 Å². The predicted octanol–water partition coefficient (Wildman–Crippen LogP) is 3.07. The number of methoxy groups -OCH3 is 1. The van der Waals surface area contributed by atoms with E-state index in [2.05, 4.69) is 4.72 Å². The first kappa shape index (κ1) is 19.7. The zero-order valence-electron chi connectivity index (χ0n) is 14.6. The highest BCUT2D eigenvalue weighted by atomic mass is 35.5. The Labute approximate surface area is 154 Å². The van der Waals surface area contributed by atoms with Gasteiger partial charge in [0.15, 0.2) is 0 Å². The van der Waals surface area contributed by atoms with Crippen LogP contribution in [-0.4, -0.2) is 40.6 Å². The molecule has 1 N–H and O–H groups in total. The molecule has 0 aromatic heterocycles. The fourth-order valence-corrected chi connectivity index (χ4v) is 3.65. The van der Waals surface area contributed by atoms with Crippen molar-refractivity contribution in [1.29, 1.82) is 0 Å². The number of halogens is 1. The molecule has 0 amide bonds. The SMILES string of the molecule is COc1cccc(Cl)c1CN(C)CCNS(=O)(=O)c1ccc(C)cc1. The van der Waals surface area contributed by atoms with Gasteiger partial charge in [-0.2, -0.15) is 0 Å². The number of sulfonamides is 1. The zero-order chi connectivity index (χ0) is 18.4. The average Bonchev–Trinajstić information content (AvgIpc) is 2.57. The first-order valence-electron chi connectivity index (χ1n) is 7.90. The number of aryl methyl sites for hydroxylation is 1. The number of ether oxygens (including phenoxy) is 1. The van der Waals surface area contributed by atoms with E-state index in [9.17, 15) is 8.42 Å². The van der Waals surface area contributed by atoms with E-state index in [4.69, 9.17) is 16.3 Å². The maximum Gasteiger partial charge on any atom is 0.240 e. The lowest BCUT2D eigenvalue weighted by atomic mass is 10.2. The summed E-state index contributed by atoms with van der Waals surface area (Å²) in [5, 5.41) is 0.631. The Morgan fingerprint density at radius 2 is 1.84 bits per heavy atom. The third kappa shape index (κ3) is 5.44. The Morgan fingerprint density at radius 1 is 1.16 bits per heavy atom. The lowest BCUT2D eigenvalue weighted by molar-refractivity contribution is 0.322. The van der Waals surface area contributed by atoms with Crippen LogP contribution < -0.4 is 9.46 Å². The van der Waals surface area contributed by atoms with Crippen LogP contribution in [0.2, 0.25) is 5.02 Å². The van der Waals surface area contributed by atoms with Crippen LogP contribution in [0.3, 0.4) is 0 Å². The quantitative estimate of drug-likeness (QED) is 0.762. The van der Waals surface area contributed by atoms with E-state index in [0.717, 1.165) is 16.9 Å². The summed E-state index contributed by atoms with van der Waals surface area (Å²) in [5.74, 6) is 0.722. The van der Waals surface area contributed by atoms with Gasteiger partial charge in [0.1, 0.15) is 5.75 Å². The van der Waals surface area contributed by atoms with Crippen LogP contribution in [0.1, 0.15) is 11.1 Å². The molecule has 0 radical (unpaired) electrons. The lowest BCUT2D eigenvalue weighted by Crippen LogP contribution is -2.32. The van der Waals surface area contributed by atoms with E-state index in [0.29, 0.717) is 24.7 Å². The zero-order valence-corrected chi connectivity index (χ0v) is 16.2. The second-order valence-electron chi connectivity index (χ2n) is 5.87. The minimum atomic E-state index is -3.49. The maximum absolute atomic E-state index is 12.3. The van der Waals surface area contributed by atoms with Crippen molar-refractivity contribution in [2.45, 2.75) is 18.4 Å². The summed E-state index contributed by atoms with van der Waals surface area (Å²) in [4.78, 5) is 2.26. The molecule has 0 unspecified atom stereocenters. The van der Waals surface area contributed by atoms with Gasteiger partial charge in [-0.25, -0.2) is 13.1 Å². The fraction of sp³-hybridized carbons (Fsp3) is 0.333. The third-order valence-electron chi connectivity index (χ3n) is 3.84. The van der Waals surface area contributed by atoms with Crippen molar-refractivity contribution in [2.75, 3.05) is 27.2 Å². The van der Waals surface area contributed by atoms with Crippen LogP contribution in [0, 0.1) is 6.92 Å². The van der Waals surface area contributed by atoms with Crippen molar-refractivity contribution < 1.29 is 13.2 Å².